The number of aryl methyl sites for hydroxylation is 1. The topological polar surface area (TPSA) is 50.2 Å². The molecule has 2 rings (SSSR count). The van der Waals surface area contributed by atoms with Gasteiger partial charge in [-0.2, -0.15) is 5.10 Å². The first-order valence-electron chi connectivity index (χ1n) is 5.63. The molecule has 94 valence electrons. The lowest BCUT2D eigenvalue weighted by Gasteiger charge is -2.44. The van der Waals surface area contributed by atoms with Crippen molar-refractivity contribution in [3.63, 3.8) is 0 Å². The van der Waals surface area contributed by atoms with Crippen LogP contribution < -0.4 is 15.8 Å². The number of nitrogens with zero attached hydrogens (tertiary/aromatic N) is 3. The van der Waals surface area contributed by atoms with E-state index in [2.05, 4.69) is 45.1 Å². The third kappa shape index (κ3) is 2.24. The average molecular weight is 301 g/mol. The Morgan fingerprint density at radius 3 is 2.88 bits per heavy atom. The van der Waals surface area contributed by atoms with E-state index in [1.807, 2.05) is 0 Å². The van der Waals surface area contributed by atoms with Crippen molar-refractivity contribution in [2.45, 2.75) is 19.4 Å². The van der Waals surface area contributed by atoms with Crippen molar-refractivity contribution < 1.29 is 0 Å². The number of aromatic nitrogens is 2. The molecule has 1 aliphatic rings. The summed E-state index contributed by atoms with van der Waals surface area (Å²) in [7, 11) is 1.65. The highest BCUT2D eigenvalue weighted by atomic mass is 79.9. The largest absolute Gasteiger partial charge is 0.361 e. The van der Waals surface area contributed by atoms with Crippen molar-refractivity contribution in [1.29, 1.82) is 0 Å². The number of anilines is 1. The number of hydrogen-bond donors (Lipinski definition) is 1. The molecule has 1 aromatic rings. The Hall–Kier alpha value is -0.880. The molecule has 1 saturated heterocycles. The Bertz CT molecular complexity index is 483. The lowest BCUT2D eigenvalue weighted by molar-refractivity contribution is 0.379. The van der Waals surface area contributed by atoms with E-state index in [0.29, 0.717) is 4.47 Å². The molecule has 1 N–H and O–H groups in total. The molecule has 2 heterocycles. The Balaban J connectivity index is 2.46. The second kappa shape index (κ2) is 4.42. The third-order valence-corrected chi connectivity index (χ3v) is 3.90. The zero-order chi connectivity index (χ0) is 12.6. The molecule has 0 saturated carbocycles. The van der Waals surface area contributed by atoms with Crippen molar-refractivity contribution in [2.75, 3.05) is 24.5 Å². The molecule has 0 atom stereocenters. The Morgan fingerprint density at radius 2 is 2.24 bits per heavy atom. The van der Waals surface area contributed by atoms with Crippen LogP contribution >= 0.6 is 15.9 Å². The first kappa shape index (κ1) is 12.6. The van der Waals surface area contributed by atoms with Crippen LogP contribution in [0.2, 0.25) is 0 Å². The smallest absolute Gasteiger partial charge is 0.282 e. The SMILES string of the molecule is Cn1ncc(N2CCNCC2(C)C)c(Br)c1=O. The lowest BCUT2D eigenvalue weighted by atomic mass is 9.99. The van der Waals surface area contributed by atoms with Crippen LogP contribution in [-0.4, -0.2) is 35.0 Å². The highest BCUT2D eigenvalue weighted by Gasteiger charge is 2.31. The van der Waals surface area contributed by atoms with Gasteiger partial charge in [0.15, 0.2) is 0 Å². The maximum absolute atomic E-state index is 11.9. The summed E-state index contributed by atoms with van der Waals surface area (Å²) < 4.78 is 1.92. The lowest BCUT2D eigenvalue weighted by Crippen LogP contribution is -2.58. The van der Waals surface area contributed by atoms with Gasteiger partial charge in [0.05, 0.1) is 11.9 Å². The summed E-state index contributed by atoms with van der Waals surface area (Å²) >= 11 is 3.38. The molecule has 1 aliphatic heterocycles. The van der Waals surface area contributed by atoms with Gasteiger partial charge in [-0.1, -0.05) is 0 Å². The van der Waals surface area contributed by atoms with E-state index in [1.54, 1.807) is 13.2 Å². The molecule has 0 radical (unpaired) electrons. The van der Waals surface area contributed by atoms with Gasteiger partial charge >= 0.3 is 0 Å². The number of piperazine rings is 1. The second-order valence-corrected chi connectivity index (χ2v) is 5.71. The van der Waals surface area contributed by atoms with Crippen LogP contribution in [0.5, 0.6) is 0 Å². The standard InChI is InChI=1S/C11H17BrN4O/c1-11(2)7-13-4-5-16(11)8-6-14-15(3)10(17)9(8)12/h6,13H,4-5,7H2,1-3H3. The van der Waals surface area contributed by atoms with Crippen molar-refractivity contribution in [1.82, 2.24) is 15.1 Å². The van der Waals surface area contributed by atoms with Crippen molar-refractivity contribution in [3.05, 3.63) is 21.0 Å². The summed E-state index contributed by atoms with van der Waals surface area (Å²) in [6, 6.07) is 0. The van der Waals surface area contributed by atoms with Gasteiger partial charge < -0.3 is 10.2 Å². The first-order chi connectivity index (χ1) is 7.93. The fourth-order valence-electron chi connectivity index (χ4n) is 2.12. The summed E-state index contributed by atoms with van der Waals surface area (Å²) in [5.74, 6) is 0. The predicted octanol–water partition coefficient (Wildman–Crippen LogP) is 0.731. The van der Waals surface area contributed by atoms with Crippen LogP contribution in [0.15, 0.2) is 15.5 Å². The van der Waals surface area contributed by atoms with Gasteiger partial charge in [-0.15, -0.1) is 0 Å². The molecular weight excluding hydrogens is 284 g/mol. The molecule has 0 bridgehead atoms. The Morgan fingerprint density at radius 1 is 1.53 bits per heavy atom. The molecule has 0 aliphatic carbocycles. The van der Waals surface area contributed by atoms with E-state index in [4.69, 9.17) is 0 Å². The van der Waals surface area contributed by atoms with E-state index in [9.17, 15) is 4.79 Å². The van der Waals surface area contributed by atoms with Crippen molar-refractivity contribution >= 4 is 21.6 Å². The summed E-state index contributed by atoms with van der Waals surface area (Å²) in [5.41, 5.74) is 0.755. The van der Waals surface area contributed by atoms with Gasteiger partial charge in [0.1, 0.15) is 4.47 Å². The van der Waals surface area contributed by atoms with Crippen LogP contribution in [0.4, 0.5) is 5.69 Å². The normalized spacial score (nSPS) is 19.4. The quantitative estimate of drug-likeness (QED) is 0.831. The minimum atomic E-state index is -0.100. The zero-order valence-electron chi connectivity index (χ0n) is 10.3. The summed E-state index contributed by atoms with van der Waals surface area (Å²) in [4.78, 5) is 14.1. The van der Waals surface area contributed by atoms with Crippen molar-refractivity contribution in [2.24, 2.45) is 7.05 Å². The molecule has 1 aromatic heterocycles. The molecule has 1 fully saturated rings. The molecule has 0 spiro atoms. The fraction of sp³-hybridized carbons (Fsp3) is 0.636. The third-order valence-electron chi connectivity index (χ3n) is 3.15. The van der Waals surface area contributed by atoms with E-state index in [-0.39, 0.29) is 11.1 Å². The van der Waals surface area contributed by atoms with Crippen LogP contribution in [0, 0.1) is 0 Å². The minimum Gasteiger partial charge on any atom is -0.361 e. The monoisotopic (exact) mass is 300 g/mol. The molecule has 6 heteroatoms. The minimum absolute atomic E-state index is 0.0190. The number of rotatable bonds is 1. The van der Waals surface area contributed by atoms with Gasteiger partial charge in [0.2, 0.25) is 0 Å². The van der Waals surface area contributed by atoms with Gasteiger partial charge in [0.25, 0.3) is 5.56 Å². The molecule has 0 aromatic carbocycles. The molecule has 17 heavy (non-hydrogen) atoms. The predicted molar refractivity (Wildman–Crippen MR) is 71.5 cm³/mol. The number of nitrogens with one attached hydrogen (secondary N) is 1. The van der Waals surface area contributed by atoms with E-state index >= 15 is 0 Å². The zero-order valence-corrected chi connectivity index (χ0v) is 11.9. The summed E-state index contributed by atoms with van der Waals surface area (Å²) in [6.07, 6.45) is 1.75. The summed E-state index contributed by atoms with van der Waals surface area (Å²) in [6.45, 7) is 7.01. The van der Waals surface area contributed by atoms with Gasteiger partial charge in [0, 0.05) is 32.2 Å². The Kier molecular flexibility index (Phi) is 3.27. The van der Waals surface area contributed by atoms with Gasteiger partial charge in [-0.25, -0.2) is 4.68 Å². The van der Waals surface area contributed by atoms with Gasteiger partial charge in [-0.3, -0.25) is 4.79 Å². The fourth-order valence-corrected chi connectivity index (χ4v) is 2.69. The second-order valence-electron chi connectivity index (χ2n) is 4.91. The maximum Gasteiger partial charge on any atom is 0.282 e. The van der Waals surface area contributed by atoms with Crippen LogP contribution in [0.3, 0.4) is 0 Å². The van der Waals surface area contributed by atoms with E-state index < -0.39 is 0 Å². The summed E-state index contributed by atoms with van der Waals surface area (Å²) in [5, 5.41) is 7.45. The van der Waals surface area contributed by atoms with E-state index in [0.717, 1.165) is 25.3 Å². The molecule has 0 unspecified atom stereocenters. The first-order valence-corrected chi connectivity index (χ1v) is 6.43. The maximum atomic E-state index is 11.9. The average Bonchev–Trinajstić information content (AvgIpc) is 2.27. The highest BCUT2D eigenvalue weighted by Crippen LogP contribution is 2.29. The van der Waals surface area contributed by atoms with Crippen LogP contribution in [0.1, 0.15) is 13.8 Å². The molecule has 5 nitrogen and oxygen atoms in total. The van der Waals surface area contributed by atoms with Gasteiger partial charge in [-0.05, 0) is 29.8 Å². The Labute approximate surface area is 109 Å². The van der Waals surface area contributed by atoms with Crippen LogP contribution in [-0.2, 0) is 7.05 Å². The molecule has 0 amide bonds. The van der Waals surface area contributed by atoms with Crippen LogP contribution in [0.25, 0.3) is 0 Å². The molecular formula is C11H17BrN4O. The van der Waals surface area contributed by atoms with Crippen molar-refractivity contribution in [3.8, 4) is 0 Å². The highest BCUT2D eigenvalue weighted by molar-refractivity contribution is 9.10. The number of hydrogen-bond acceptors (Lipinski definition) is 4. The number of halogens is 1. The van der Waals surface area contributed by atoms with E-state index in [1.165, 1.54) is 4.68 Å².